The molecule has 0 aliphatic carbocycles. The van der Waals surface area contributed by atoms with Crippen LogP contribution < -0.4 is 5.43 Å². The zero-order valence-electron chi connectivity index (χ0n) is 10.4. The van der Waals surface area contributed by atoms with E-state index in [1.54, 1.807) is 0 Å². The Hall–Kier alpha value is -0.260. The topological polar surface area (TPSA) is 30.9 Å². The lowest BCUT2D eigenvalue weighted by Gasteiger charge is -2.32. The van der Waals surface area contributed by atoms with Crippen LogP contribution >= 0.6 is 11.8 Å². The molecule has 2 aliphatic rings. The van der Waals surface area contributed by atoms with Crippen LogP contribution in [0.25, 0.3) is 0 Å². The summed E-state index contributed by atoms with van der Waals surface area (Å²) in [6, 6.07) is 0.500. The van der Waals surface area contributed by atoms with Gasteiger partial charge < -0.3 is 4.90 Å². The number of piperazine rings is 1. The van der Waals surface area contributed by atoms with Crippen molar-refractivity contribution in [3.63, 3.8) is 0 Å². The van der Waals surface area contributed by atoms with Gasteiger partial charge in [-0.05, 0) is 13.0 Å². The number of hydrazine groups is 1. The summed E-state index contributed by atoms with van der Waals surface area (Å²) in [6.07, 6.45) is 0. The maximum atomic E-state index is 4.71. The van der Waals surface area contributed by atoms with Crippen molar-refractivity contribution in [3.05, 3.63) is 0 Å². The molecular formula is C11H22N4S. The third kappa shape index (κ3) is 3.12. The van der Waals surface area contributed by atoms with Gasteiger partial charge in [-0.3, -0.25) is 10.4 Å². The fourth-order valence-electron chi connectivity index (χ4n) is 1.85. The summed E-state index contributed by atoms with van der Waals surface area (Å²) in [5.74, 6) is 1.78. The third-order valence-corrected chi connectivity index (χ3v) is 4.18. The van der Waals surface area contributed by atoms with Crippen molar-refractivity contribution < 1.29 is 0 Å². The molecule has 0 amide bonds. The second kappa shape index (κ2) is 5.38. The minimum Gasteiger partial charge on any atom is -0.304 e. The summed E-state index contributed by atoms with van der Waals surface area (Å²) in [7, 11) is 2.17. The molecule has 0 radical (unpaired) electrons. The van der Waals surface area contributed by atoms with E-state index in [0.29, 0.717) is 12.0 Å². The molecule has 92 valence electrons. The Morgan fingerprint density at radius 3 is 2.56 bits per heavy atom. The van der Waals surface area contributed by atoms with Crippen molar-refractivity contribution in [2.45, 2.75) is 19.9 Å². The van der Waals surface area contributed by atoms with Gasteiger partial charge in [0.15, 0.2) is 5.17 Å². The molecule has 0 aromatic rings. The summed E-state index contributed by atoms with van der Waals surface area (Å²) < 4.78 is 0. The maximum absolute atomic E-state index is 4.71. The first-order valence-electron chi connectivity index (χ1n) is 6.06. The monoisotopic (exact) mass is 242 g/mol. The van der Waals surface area contributed by atoms with Gasteiger partial charge in [0.1, 0.15) is 0 Å². The van der Waals surface area contributed by atoms with E-state index in [1.807, 2.05) is 11.8 Å². The molecule has 0 aromatic heterocycles. The highest BCUT2D eigenvalue weighted by Crippen LogP contribution is 2.22. The van der Waals surface area contributed by atoms with E-state index in [2.05, 4.69) is 36.2 Å². The second-order valence-corrected chi connectivity index (χ2v) is 5.97. The van der Waals surface area contributed by atoms with Crippen molar-refractivity contribution in [1.82, 2.24) is 15.3 Å². The predicted octanol–water partition coefficient (Wildman–Crippen LogP) is 0.866. The molecule has 0 spiro atoms. The summed E-state index contributed by atoms with van der Waals surface area (Å²) >= 11 is 1.86. The lowest BCUT2D eigenvalue weighted by Crippen LogP contribution is -2.51. The number of amidine groups is 1. The summed E-state index contributed by atoms with van der Waals surface area (Å²) in [4.78, 5) is 7.07. The zero-order valence-corrected chi connectivity index (χ0v) is 11.3. The van der Waals surface area contributed by atoms with Gasteiger partial charge in [0.05, 0.1) is 6.04 Å². The van der Waals surface area contributed by atoms with Crippen molar-refractivity contribution in [2.24, 2.45) is 10.9 Å². The molecule has 2 aliphatic heterocycles. The molecule has 1 N–H and O–H groups in total. The van der Waals surface area contributed by atoms with Crippen molar-refractivity contribution in [1.29, 1.82) is 0 Å². The number of nitrogens with one attached hydrogen (secondary N) is 1. The van der Waals surface area contributed by atoms with Gasteiger partial charge >= 0.3 is 0 Å². The van der Waals surface area contributed by atoms with Crippen LogP contribution in [-0.4, -0.2) is 60.1 Å². The van der Waals surface area contributed by atoms with Crippen molar-refractivity contribution >= 4 is 16.9 Å². The van der Waals surface area contributed by atoms with Gasteiger partial charge in [-0.25, -0.2) is 5.01 Å². The first-order chi connectivity index (χ1) is 7.65. The lowest BCUT2D eigenvalue weighted by molar-refractivity contribution is 0.132. The number of rotatable bonds is 2. The number of likely N-dealkylation sites (N-methyl/N-ethyl adjacent to an activating group) is 1. The average molecular weight is 242 g/mol. The molecule has 2 rings (SSSR count). The lowest BCUT2D eigenvalue weighted by atomic mass is 10.1. The van der Waals surface area contributed by atoms with Crippen molar-refractivity contribution in [2.75, 3.05) is 39.0 Å². The van der Waals surface area contributed by atoms with Gasteiger partial charge in [0.2, 0.25) is 0 Å². The Morgan fingerprint density at radius 1 is 1.31 bits per heavy atom. The number of thioether (sulfide) groups is 1. The van der Waals surface area contributed by atoms with E-state index in [9.17, 15) is 0 Å². The van der Waals surface area contributed by atoms with Crippen LogP contribution in [0.2, 0.25) is 0 Å². The Balaban J connectivity index is 1.80. The smallest absolute Gasteiger partial charge is 0.171 e. The van der Waals surface area contributed by atoms with Crippen molar-refractivity contribution in [3.8, 4) is 0 Å². The second-order valence-electron chi connectivity index (χ2n) is 4.96. The van der Waals surface area contributed by atoms with Gasteiger partial charge in [0.25, 0.3) is 0 Å². The Bertz CT molecular complexity index is 259. The van der Waals surface area contributed by atoms with E-state index in [-0.39, 0.29) is 0 Å². The number of hydrogen-bond donors (Lipinski definition) is 1. The molecule has 1 fully saturated rings. The first-order valence-corrected chi connectivity index (χ1v) is 7.04. The number of aliphatic imine (C=N–C) groups is 1. The third-order valence-electron chi connectivity index (χ3n) is 3.20. The molecule has 5 heteroatoms. The summed E-state index contributed by atoms with van der Waals surface area (Å²) in [5, 5.41) is 3.40. The molecule has 1 atom stereocenters. The van der Waals surface area contributed by atoms with Crippen LogP contribution in [0.1, 0.15) is 13.8 Å². The van der Waals surface area contributed by atoms with Crippen LogP contribution in [0.5, 0.6) is 0 Å². The highest BCUT2D eigenvalue weighted by Gasteiger charge is 2.23. The minimum atomic E-state index is 0.500. The Morgan fingerprint density at radius 2 is 2.00 bits per heavy atom. The van der Waals surface area contributed by atoms with E-state index in [1.165, 1.54) is 0 Å². The largest absolute Gasteiger partial charge is 0.304 e. The standard InChI is InChI=1S/C11H22N4S/c1-9(2)10-8-16-11(12-10)13-15-6-4-14(3)5-7-15/h9-10H,4-8H2,1-3H3,(H,12,13)/t10-/m1/s1. The SMILES string of the molecule is CC(C)[C@H]1CSC(NN2CCN(C)CC2)=N1. The van der Waals surface area contributed by atoms with Crippen LogP contribution in [0, 0.1) is 5.92 Å². The summed E-state index contributed by atoms with van der Waals surface area (Å²) in [5.41, 5.74) is 3.44. The van der Waals surface area contributed by atoms with E-state index >= 15 is 0 Å². The van der Waals surface area contributed by atoms with Gasteiger partial charge in [-0.15, -0.1) is 0 Å². The highest BCUT2D eigenvalue weighted by atomic mass is 32.2. The molecule has 16 heavy (non-hydrogen) atoms. The summed E-state index contributed by atoms with van der Waals surface area (Å²) in [6.45, 7) is 8.93. The number of nitrogens with zero attached hydrogens (tertiary/aromatic N) is 3. The quantitative estimate of drug-likeness (QED) is 0.778. The van der Waals surface area contributed by atoms with Crippen LogP contribution in [-0.2, 0) is 0 Å². The molecule has 0 aromatic carbocycles. The van der Waals surface area contributed by atoms with E-state index < -0.39 is 0 Å². The van der Waals surface area contributed by atoms with Crippen LogP contribution in [0.3, 0.4) is 0 Å². The van der Waals surface area contributed by atoms with Crippen LogP contribution in [0.15, 0.2) is 4.99 Å². The Kier molecular flexibility index (Phi) is 4.10. The molecule has 1 saturated heterocycles. The van der Waals surface area contributed by atoms with Crippen LogP contribution in [0.4, 0.5) is 0 Å². The predicted molar refractivity (Wildman–Crippen MR) is 70.7 cm³/mol. The number of hydrogen-bond acceptors (Lipinski definition) is 5. The molecule has 0 unspecified atom stereocenters. The average Bonchev–Trinajstić information content (AvgIpc) is 2.70. The normalized spacial score (nSPS) is 28.5. The fourth-order valence-corrected chi connectivity index (χ4v) is 3.04. The molecule has 0 bridgehead atoms. The molecule has 2 heterocycles. The first kappa shape index (κ1) is 12.2. The van der Waals surface area contributed by atoms with E-state index in [0.717, 1.165) is 37.1 Å². The fraction of sp³-hybridized carbons (Fsp3) is 0.909. The minimum absolute atomic E-state index is 0.500. The molecule has 4 nitrogen and oxygen atoms in total. The Labute approximate surface area is 102 Å². The van der Waals surface area contributed by atoms with Gasteiger partial charge in [-0.1, -0.05) is 25.6 Å². The van der Waals surface area contributed by atoms with Gasteiger partial charge in [-0.2, -0.15) is 0 Å². The maximum Gasteiger partial charge on any atom is 0.171 e. The van der Waals surface area contributed by atoms with Gasteiger partial charge in [0, 0.05) is 31.9 Å². The highest BCUT2D eigenvalue weighted by molar-refractivity contribution is 8.14. The molecule has 0 saturated carbocycles. The van der Waals surface area contributed by atoms with E-state index in [4.69, 9.17) is 4.99 Å². The molecular weight excluding hydrogens is 220 g/mol. The zero-order chi connectivity index (χ0) is 11.5.